The van der Waals surface area contributed by atoms with Crippen LogP contribution in [0.3, 0.4) is 0 Å². The van der Waals surface area contributed by atoms with E-state index < -0.39 is 6.10 Å². The number of ketones is 1. The van der Waals surface area contributed by atoms with Crippen molar-refractivity contribution >= 4 is 5.78 Å². The normalized spacial score (nSPS) is 27.1. The van der Waals surface area contributed by atoms with Gasteiger partial charge in [-0.1, -0.05) is 18.6 Å². The zero-order chi connectivity index (χ0) is 13.7. The highest BCUT2D eigenvalue weighted by atomic mass is 16.3. The number of aliphatic hydroxyl groups excluding tert-OH is 2. The van der Waals surface area contributed by atoms with E-state index in [0.29, 0.717) is 6.42 Å². The maximum atomic E-state index is 11.9. The van der Waals surface area contributed by atoms with Crippen molar-refractivity contribution in [1.82, 2.24) is 0 Å². The van der Waals surface area contributed by atoms with E-state index in [9.17, 15) is 9.90 Å². The van der Waals surface area contributed by atoms with Gasteiger partial charge in [0.15, 0.2) is 5.78 Å². The van der Waals surface area contributed by atoms with Crippen LogP contribution >= 0.6 is 0 Å². The van der Waals surface area contributed by atoms with Crippen LogP contribution in [-0.4, -0.2) is 28.7 Å². The highest BCUT2D eigenvalue weighted by Crippen LogP contribution is 2.29. The van der Waals surface area contributed by atoms with E-state index in [4.69, 9.17) is 5.11 Å². The van der Waals surface area contributed by atoms with Gasteiger partial charge in [0.05, 0.1) is 12.7 Å². The Morgan fingerprint density at radius 3 is 2.89 bits per heavy atom. The van der Waals surface area contributed by atoms with Gasteiger partial charge in [-0.05, 0) is 50.7 Å². The van der Waals surface area contributed by atoms with Crippen LogP contribution in [-0.2, 0) is 4.79 Å². The molecule has 0 heterocycles. The summed E-state index contributed by atoms with van der Waals surface area (Å²) >= 11 is 0. The molecule has 102 valence electrons. The van der Waals surface area contributed by atoms with E-state index in [1.54, 1.807) is 13.0 Å². The SMILES string of the molecule is CC(=CCCC(C)C1CC(O)C(C)=CC1=O)CO. The first-order valence-corrected chi connectivity index (χ1v) is 6.62. The van der Waals surface area contributed by atoms with Crippen molar-refractivity contribution in [1.29, 1.82) is 0 Å². The fraction of sp³-hybridized carbons (Fsp3) is 0.667. The van der Waals surface area contributed by atoms with Gasteiger partial charge < -0.3 is 10.2 Å². The minimum atomic E-state index is -0.468. The van der Waals surface area contributed by atoms with E-state index in [2.05, 4.69) is 6.92 Å². The molecule has 0 aromatic carbocycles. The van der Waals surface area contributed by atoms with Crippen LogP contribution in [0.5, 0.6) is 0 Å². The molecule has 18 heavy (non-hydrogen) atoms. The van der Waals surface area contributed by atoms with Crippen molar-refractivity contribution in [2.75, 3.05) is 6.61 Å². The van der Waals surface area contributed by atoms with Gasteiger partial charge in [0, 0.05) is 5.92 Å². The molecule has 3 unspecified atom stereocenters. The molecular formula is C15H24O3. The first-order chi connectivity index (χ1) is 8.45. The summed E-state index contributed by atoms with van der Waals surface area (Å²) in [6, 6.07) is 0. The molecule has 3 heteroatoms. The van der Waals surface area contributed by atoms with Crippen LogP contribution in [0.2, 0.25) is 0 Å². The highest BCUT2D eigenvalue weighted by molar-refractivity contribution is 5.93. The second kappa shape index (κ2) is 6.86. The molecule has 2 N–H and O–H groups in total. The molecule has 0 aliphatic heterocycles. The molecule has 0 bridgehead atoms. The Kier molecular flexibility index (Phi) is 5.76. The lowest BCUT2D eigenvalue weighted by Crippen LogP contribution is -2.30. The van der Waals surface area contributed by atoms with Gasteiger partial charge in [-0.3, -0.25) is 4.79 Å². The summed E-state index contributed by atoms with van der Waals surface area (Å²) in [6.45, 7) is 5.85. The van der Waals surface area contributed by atoms with Gasteiger partial charge in [-0.15, -0.1) is 0 Å². The quantitative estimate of drug-likeness (QED) is 0.738. The van der Waals surface area contributed by atoms with E-state index in [1.807, 2.05) is 13.0 Å². The third-order valence-electron chi connectivity index (χ3n) is 3.79. The van der Waals surface area contributed by atoms with Crippen LogP contribution in [0, 0.1) is 11.8 Å². The summed E-state index contributed by atoms with van der Waals surface area (Å²) in [5, 5.41) is 18.7. The number of carbonyl (C=O) groups is 1. The Balaban J connectivity index is 2.52. The lowest BCUT2D eigenvalue weighted by molar-refractivity contribution is -0.121. The molecule has 0 aromatic rings. The minimum Gasteiger partial charge on any atom is -0.392 e. The third-order valence-corrected chi connectivity index (χ3v) is 3.79. The van der Waals surface area contributed by atoms with Crippen molar-refractivity contribution < 1.29 is 15.0 Å². The van der Waals surface area contributed by atoms with Crippen LogP contribution in [0.15, 0.2) is 23.3 Å². The summed E-state index contributed by atoms with van der Waals surface area (Å²) in [6.07, 6.45) is 5.46. The lowest BCUT2D eigenvalue weighted by atomic mass is 9.78. The van der Waals surface area contributed by atoms with E-state index >= 15 is 0 Å². The molecule has 3 atom stereocenters. The van der Waals surface area contributed by atoms with E-state index in [1.165, 1.54) is 0 Å². The van der Waals surface area contributed by atoms with E-state index in [0.717, 1.165) is 24.0 Å². The maximum Gasteiger partial charge on any atom is 0.159 e. The molecule has 1 rings (SSSR count). The number of aliphatic hydroxyl groups is 2. The van der Waals surface area contributed by atoms with Crippen molar-refractivity contribution in [3.63, 3.8) is 0 Å². The average molecular weight is 252 g/mol. The summed E-state index contributed by atoms with van der Waals surface area (Å²) in [7, 11) is 0. The number of carbonyl (C=O) groups excluding carboxylic acids is 1. The summed E-state index contributed by atoms with van der Waals surface area (Å²) < 4.78 is 0. The summed E-state index contributed by atoms with van der Waals surface area (Å²) in [5.74, 6) is 0.346. The molecule has 0 aromatic heterocycles. The second-order valence-corrected chi connectivity index (χ2v) is 5.41. The Bertz CT molecular complexity index is 355. The smallest absolute Gasteiger partial charge is 0.159 e. The standard InChI is InChI=1S/C15H24O3/c1-10(9-16)5-4-6-11(2)13-8-14(17)12(3)7-15(13)18/h5,7,11,13-14,16-17H,4,6,8-9H2,1-3H3. The summed E-state index contributed by atoms with van der Waals surface area (Å²) in [5.41, 5.74) is 1.74. The Hall–Kier alpha value is -0.930. The Labute approximate surface area is 109 Å². The number of hydrogen-bond acceptors (Lipinski definition) is 3. The van der Waals surface area contributed by atoms with Gasteiger partial charge in [0.1, 0.15) is 0 Å². The molecule has 0 saturated heterocycles. The maximum absolute atomic E-state index is 11.9. The fourth-order valence-corrected chi connectivity index (χ4v) is 2.34. The summed E-state index contributed by atoms with van der Waals surface area (Å²) in [4.78, 5) is 11.9. The number of allylic oxidation sites excluding steroid dienone is 2. The van der Waals surface area contributed by atoms with Crippen molar-refractivity contribution in [3.05, 3.63) is 23.3 Å². The third kappa shape index (κ3) is 4.07. The topological polar surface area (TPSA) is 57.5 Å². The highest BCUT2D eigenvalue weighted by Gasteiger charge is 2.30. The van der Waals surface area contributed by atoms with Gasteiger partial charge in [-0.2, -0.15) is 0 Å². The first kappa shape index (κ1) is 15.1. The van der Waals surface area contributed by atoms with Crippen molar-refractivity contribution in [2.45, 2.75) is 46.1 Å². The zero-order valence-corrected chi connectivity index (χ0v) is 11.5. The van der Waals surface area contributed by atoms with Crippen LogP contribution in [0.4, 0.5) is 0 Å². The molecule has 3 nitrogen and oxygen atoms in total. The minimum absolute atomic E-state index is 0.0634. The average Bonchev–Trinajstić information content (AvgIpc) is 2.33. The molecule has 0 radical (unpaired) electrons. The molecule has 0 amide bonds. The molecule has 0 fully saturated rings. The van der Waals surface area contributed by atoms with Gasteiger partial charge >= 0.3 is 0 Å². The van der Waals surface area contributed by atoms with Crippen molar-refractivity contribution in [3.8, 4) is 0 Å². The van der Waals surface area contributed by atoms with Crippen molar-refractivity contribution in [2.24, 2.45) is 11.8 Å². The van der Waals surface area contributed by atoms with Gasteiger partial charge in [0.2, 0.25) is 0 Å². The number of hydrogen-bond donors (Lipinski definition) is 2. The van der Waals surface area contributed by atoms with Gasteiger partial charge in [-0.25, -0.2) is 0 Å². The fourth-order valence-electron chi connectivity index (χ4n) is 2.34. The molecule has 0 spiro atoms. The van der Waals surface area contributed by atoms with Gasteiger partial charge in [0.25, 0.3) is 0 Å². The predicted molar refractivity (Wildman–Crippen MR) is 72.1 cm³/mol. The predicted octanol–water partition coefficient (Wildman–Crippen LogP) is 2.24. The first-order valence-electron chi connectivity index (χ1n) is 6.62. The van der Waals surface area contributed by atoms with E-state index in [-0.39, 0.29) is 24.2 Å². The molecular weight excluding hydrogens is 228 g/mol. The zero-order valence-electron chi connectivity index (χ0n) is 11.5. The largest absolute Gasteiger partial charge is 0.392 e. The lowest BCUT2D eigenvalue weighted by Gasteiger charge is -2.28. The second-order valence-electron chi connectivity index (χ2n) is 5.41. The monoisotopic (exact) mass is 252 g/mol. The van der Waals surface area contributed by atoms with Crippen LogP contribution in [0.1, 0.15) is 40.0 Å². The Morgan fingerprint density at radius 2 is 2.28 bits per heavy atom. The van der Waals surface area contributed by atoms with Crippen LogP contribution in [0.25, 0.3) is 0 Å². The van der Waals surface area contributed by atoms with Crippen LogP contribution < -0.4 is 0 Å². The molecule has 0 saturated carbocycles. The molecule has 1 aliphatic rings. The Morgan fingerprint density at radius 1 is 1.61 bits per heavy atom. The molecule has 1 aliphatic carbocycles. The number of rotatable bonds is 5.